The van der Waals surface area contributed by atoms with Crippen molar-refractivity contribution in [2.24, 2.45) is 0 Å². The molecule has 0 aliphatic rings. The molecule has 0 unspecified atom stereocenters. The van der Waals surface area contributed by atoms with Gasteiger partial charge in [-0.05, 0) is 28.7 Å². The molecule has 0 amide bonds. The zero-order chi connectivity index (χ0) is 12.8. The summed E-state index contributed by atoms with van der Waals surface area (Å²) in [5.74, 6) is -0.758. The highest BCUT2D eigenvalue weighted by molar-refractivity contribution is 14.1. The first-order chi connectivity index (χ1) is 7.80. The summed E-state index contributed by atoms with van der Waals surface area (Å²) in [6, 6.07) is 1.74. The number of rotatable bonds is 0. The summed E-state index contributed by atoms with van der Waals surface area (Å²) in [4.78, 5) is 14.9. The summed E-state index contributed by atoms with van der Waals surface area (Å²) in [6.07, 6.45) is -3.70. The molecule has 0 radical (unpaired) electrons. The van der Waals surface area contributed by atoms with E-state index in [1.807, 2.05) is 0 Å². The summed E-state index contributed by atoms with van der Waals surface area (Å²) < 4.78 is 50.8. The van der Waals surface area contributed by atoms with Gasteiger partial charge in [-0.15, -0.1) is 0 Å². The van der Waals surface area contributed by atoms with E-state index in [0.29, 0.717) is 0 Å². The quantitative estimate of drug-likeness (QED) is 0.536. The van der Waals surface area contributed by atoms with Crippen molar-refractivity contribution in [1.29, 1.82) is 0 Å². The predicted molar refractivity (Wildman–Crippen MR) is 59.1 cm³/mol. The summed E-state index contributed by atoms with van der Waals surface area (Å²) >= 11 is 1.28. The molecule has 2 heterocycles. The molecular weight excluding hydrogens is 355 g/mol. The lowest BCUT2D eigenvalue weighted by atomic mass is 10.3. The summed E-state index contributed by atoms with van der Waals surface area (Å²) in [6.45, 7) is 0. The topological polar surface area (TPSA) is 34.4 Å². The van der Waals surface area contributed by atoms with Gasteiger partial charge in [0.2, 0.25) is 0 Å². The first-order valence-corrected chi connectivity index (χ1v) is 5.33. The second-order valence-electron chi connectivity index (χ2n) is 3.15. The lowest BCUT2D eigenvalue weighted by Gasteiger charge is -2.09. The van der Waals surface area contributed by atoms with Crippen LogP contribution in [0, 0.1) is 9.39 Å². The minimum absolute atomic E-state index is 0.372. The Kier molecular flexibility index (Phi) is 2.84. The Morgan fingerprint density at radius 2 is 2.00 bits per heavy atom. The number of pyridine rings is 1. The maximum atomic E-state index is 12.9. The van der Waals surface area contributed by atoms with Crippen molar-refractivity contribution in [1.82, 2.24) is 9.38 Å². The maximum absolute atomic E-state index is 12.9. The third-order valence-corrected chi connectivity index (χ3v) is 2.98. The maximum Gasteiger partial charge on any atom is 0.434 e. The van der Waals surface area contributed by atoms with Crippen molar-refractivity contribution in [3.05, 3.63) is 43.8 Å². The average molecular weight is 358 g/mol. The van der Waals surface area contributed by atoms with Gasteiger partial charge in [0.1, 0.15) is 15.0 Å². The summed E-state index contributed by atoms with van der Waals surface area (Å²) in [5.41, 5.74) is -2.54. The van der Waals surface area contributed by atoms with Gasteiger partial charge in [-0.2, -0.15) is 13.2 Å². The van der Waals surface area contributed by atoms with Gasteiger partial charge in [-0.1, -0.05) is 0 Å². The van der Waals surface area contributed by atoms with Crippen molar-refractivity contribution in [3.63, 3.8) is 0 Å². The lowest BCUT2D eigenvalue weighted by Crippen LogP contribution is -2.24. The van der Waals surface area contributed by atoms with Crippen LogP contribution >= 0.6 is 22.6 Å². The van der Waals surface area contributed by atoms with Gasteiger partial charge in [-0.3, -0.25) is 9.20 Å². The molecule has 2 aromatic heterocycles. The zero-order valence-electron chi connectivity index (χ0n) is 7.92. The standard InChI is InChI=1S/C9H3F4IN2O/c10-4-1-2-16-5(3-4)15-7(9(11,12)13)6(14)8(16)17/h1-3H. The van der Waals surface area contributed by atoms with Gasteiger partial charge in [0.15, 0.2) is 5.69 Å². The molecule has 0 N–H and O–H groups in total. The monoisotopic (exact) mass is 358 g/mol. The largest absolute Gasteiger partial charge is 0.434 e. The Labute approximate surface area is 105 Å². The van der Waals surface area contributed by atoms with Gasteiger partial charge < -0.3 is 0 Å². The number of hydrogen-bond acceptors (Lipinski definition) is 2. The second-order valence-corrected chi connectivity index (χ2v) is 4.23. The van der Waals surface area contributed by atoms with E-state index in [9.17, 15) is 22.4 Å². The molecule has 0 aliphatic carbocycles. The molecule has 17 heavy (non-hydrogen) atoms. The molecule has 0 fully saturated rings. The van der Waals surface area contributed by atoms with Crippen LogP contribution in [0.2, 0.25) is 0 Å². The van der Waals surface area contributed by atoms with E-state index >= 15 is 0 Å². The van der Waals surface area contributed by atoms with Crippen LogP contribution in [0.4, 0.5) is 17.6 Å². The molecule has 0 aromatic carbocycles. The van der Waals surface area contributed by atoms with Gasteiger partial charge in [0.05, 0.1) is 0 Å². The smallest absolute Gasteiger partial charge is 0.268 e. The Hall–Kier alpha value is -1.19. The predicted octanol–water partition coefficient (Wildman–Crippen LogP) is 2.46. The van der Waals surface area contributed by atoms with Crippen LogP contribution in [0.3, 0.4) is 0 Å². The minimum atomic E-state index is -4.74. The summed E-state index contributed by atoms with van der Waals surface area (Å²) in [5, 5.41) is 0. The number of halogens is 5. The highest BCUT2D eigenvalue weighted by atomic mass is 127. The Morgan fingerprint density at radius 1 is 1.35 bits per heavy atom. The molecular formula is C9H3F4IN2O. The van der Waals surface area contributed by atoms with Crippen molar-refractivity contribution in [2.75, 3.05) is 0 Å². The second kappa shape index (κ2) is 3.93. The number of nitrogens with zero attached hydrogens (tertiary/aromatic N) is 2. The molecule has 0 spiro atoms. The Bertz CT molecular complexity index is 650. The molecule has 0 atom stereocenters. The van der Waals surface area contributed by atoms with Crippen LogP contribution in [0.25, 0.3) is 5.65 Å². The third kappa shape index (κ3) is 2.13. The van der Waals surface area contributed by atoms with E-state index < -0.39 is 26.8 Å². The summed E-state index contributed by atoms with van der Waals surface area (Å²) in [7, 11) is 0. The first kappa shape index (κ1) is 12.3. The average Bonchev–Trinajstić information content (AvgIpc) is 2.21. The van der Waals surface area contributed by atoms with E-state index in [2.05, 4.69) is 4.98 Å². The van der Waals surface area contributed by atoms with E-state index in [1.165, 1.54) is 22.6 Å². The van der Waals surface area contributed by atoms with Crippen LogP contribution in [0.15, 0.2) is 23.1 Å². The van der Waals surface area contributed by atoms with Gasteiger partial charge in [0, 0.05) is 12.3 Å². The highest BCUT2D eigenvalue weighted by Crippen LogP contribution is 2.30. The normalized spacial score (nSPS) is 12.1. The van der Waals surface area contributed by atoms with Crippen LogP contribution in [-0.2, 0) is 6.18 Å². The molecule has 3 nitrogen and oxygen atoms in total. The van der Waals surface area contributed by atoms with E-state index in [0.717, 1.165) is 22.7 Å². The number of hydrogen-bond donors (Lipinski definition) is 0. The Morgan fingerprint density at radius 3 is 2.59 bits per heavy atom. The van der Waals surface area contributed by atoms with Gasteiger partial charge in [-0.25, -0.2) is 9.37 Å². The fourth-order valence-corrected chi connectivity index (χ4v) is 1.97. The van der Waals surface area contributed by atoms with Crippen LogP contribution in [-0.4, -0.2) is 9.38 Å². The van der Waals surface area contributed by atoms with Crippen molar-refractivity contribution in [3.8, 4) is 0 Å². The Balaban J connectivity index is 2.91. The van der Waals surface area contributed by atoms with Crippen molar-refractivity contribution in [2.45, 2.75) is 6.18 Å². The number of fused-ring (bicyclic) bond motifs is 1. The zero-order valence-corrected chi connectivity index (χ0v) is 10.1. The van der Waals surface area contributed by atoms with Crippen molar-refractivity contribution >= 4 is 28.2 Å². The fourth-order valence-electron chi connectivity index (χ4n) is 1.28. The first-order valence-electron chi connectivity index (χ1n) is 4.25. The van der Waals surface area contributed by atoms with E-state index in [4.69, 9.17) is 0 Å². The van der Waals surface area contributed by atoms with Gasteiger partial charge in [0.25, 0.3) is 5.56 Å². The molecule has 90 valence electrons. The number of aromatic nitrogens is 2. The van der Waals surface area contributed by atoms with E-state index in [-0.39, 0.29) is 5.65 Å². The van der Waals surface area contributed by atoms with E-state index in [1.54, 1.807) is 0 Å². The fraction of sp³-hybridized carbons (Fsp3) is 0.111. The van der Waals surface area contributed by atoms with Crippen molar-refractivity contribution < 1.29 is 17.6 Å². The molecule has 0 saturated heterocycles. The van der Waals surface area contributed by atoms with Crippen LogP contribution < -0.4 is 5.56 Å². The molecule has 2 rings (SSSR count). The molecule has 8 heteroatoms. The highest BCUT2D eigenvalue weighted by Gasteiger charge is 2.36. The van der Waals surface area contributed by atoms with Gasteiger partial charge >= 0.3 is 6.18 Å². The molecule has 0 aliphatic heterocycles. The third-order valence-electron chi connectivity index (χ3n) is 2.01. The van der Waals surface area contributed by atoms with Crippen LogP contribution in [0.1, 0.15) is 5.69 Å². The molecule has 2 aromatic rings. The number of alkyl halides is 3. The SMILES string of the molecule is O=c1c(I)c(C(F)(F)F)nc2cc(F)ccn12. The lowest BCUT2D eigenvalue weighted by molar-refractivity contribution is -0.141. The van der Waals surface area contributed by atoms with Crippen LogP contribution in [0.5, 0.6) is 0 Å². The minimum Gasteiger partial charge on any atom is -0.268 e. The molecule has 0 saturated carbocycles. The molecule has 0 bridgehead atoms.